The van der Waals surface area contributed by atoms with E-state index < -0.39 is 20.6 Å². The maximum atomic E-state index is 11.6. The van der Waals surface area contributed by atoms with Gasteiger partial charge in [0.05, 0.1) is 18.1 Å². The highest BCUT2D eigenvalue weighted by Gasteiger charge is 2.25. The fraction of sp³-hybridized carbons (Fsp3) is 0.429. The smallest absolute Gasteiger partial charge is 0.300 e. The van der Waals surface area contributed by atoms with Crippen molar-refractivity contribution in [3.05, 3.63) is 20.5 Å². The molecule has 8 nitrogen and oxygen atoms in total. The highest BCUT2D eigenvalue weighted by Crippen LogP contribution is 2.35. The van der Waals surface area contributed by atoms with Gasteiger partial charge in [-0.05, 0) is 0 Å². The number of sulfonamides is 1. The van der Waals surface area contributed by atoms with Crippen molar-refractivity contribution in [1.82, 2.24) is 4.89 Å². The number of hydrogen-bond donors (Lipinski definition) is 1. The first-order chi connectivity index (χ1) is 8.38. The van der Waals surface area contributed by atoms with Crippen LogP contribution in [0.25, 0.3) is 0 Å². The van der Waals surface area contributed by atoms with Gasteiger partial charge in [0.15, 0.2) is 4.34 Å². The van der Waals surface area contributed by atoms with Crippen LogP contribution in [-0.2, 0) is 19.6 Å². The highest BCUT2D eigenvalue weighted by molar-refractivity contribution is 7.91. The van der Waals surface area contributed by atoms with E-state index in [0.29, 0.717) is 11.3 Å². The third-order valence-corrected chi connectivity index (χ3v) is 4.69. The number of ether oxygens (including phenoxy) is 1. The molecule has 0 amide bonds. The summed E-state index contributed by atoms with van der Waals surface area (Å²) >= 11 is 6.13. The lowest BCUT2D eigenvalue weighted by Crippen LogP contribution is -2.25. The Hall–Kier alpha value is -0.780. The zero-order valence-electron chi connectivity index (χ0n) is 9.08. The monoisotopic (exact) mass is 316 g/mol. The lowest BCUT2D eigenvalue weighted by atomic mass is 10.6. The van der Waals surface area contributed by atoms with E-state index in [0.717, 1.165) is 6.07 Å². The summed E-state index contributed by atoms with van der Waals surface area (Å²) in [7, 11) is -2.54. The molecule has 0 aliphatic carbocycles. The molecule has 1 rings (SSSR count). The SMILES string of the molecule is COCCONS(=O)(=O)c1cc([N+](=O)[O-])c(Cl)s1. The van der Waals surface area contributed by atoms with Crippen molar-refractivity contribution in [1.29, 1.82) is 0 Å². The quantitative estimate of drug-likeness (QED) is 0.459. The van der Waals surface area contributed by atoms with Gasteiger partial charge in [0.25, 0.3) is 15.7 Å². The number of nitrogens with zero attached hydrogens (tertiary/aromatic N) is 1. The summed E-state index contributed by atoms with van der Waals surface area (Å²) in [5, 5.41) is 10.5. The maximum Gasteiger partial charge on any atom is 0.300 e. The Kier molecular flexibility index (Phi) is 5.44. The van der Waals surface area contributed by atoms with Crippen molar-refractivity contribution in [2.45, 2.75) is 4.21 Å². The van der Waals surface area contributed by atoms with Gasteiger partial charge in [0, 0.05) is 13.2 Å². The zero-order chi connectivity index (χ0) is 13.8. The minimum Gasteiger partial charge on any atom is -0.382 e. The van der Waals surface area contributed by atoms with Gasteiger partial charge in [-0.3, -0.25) is 15.0 Å². The highest BCUT2D eigenvalue weighted by atomic mass is 35.5. The summed E-state index contributed by atoms with van der Waals surface area (Å²) in [6, 6.07) is 0.870. The topological polar surface area (TPSA) is 108 Å². The molecule has 0 spiro atoms. The van der Waals surface area contributed by atoms with E-state index in [-0.39, 0.29) is 21.8 Å². The molecule has 0 fully saturated rings. The summed E-state index contributed by atoms with van der Waals surface area (Å²) < 4.78 is 27.4. The van der Waals surface area contributed by atoms with E-state index in [1.807, 2.05) is 4.89 Å². The molecule has 102 valence electrons. The Balaban J connectivity index is 2.79. The second-order valence-electron chi connectivity index (χ2n) is 2.91. The predicted octanol–water partition coefficient (Wildman–Crippen LogP) is 1.17. The van der Waals surface area contributed by atoms with E-state index in [9.17, 15) is 18.5 Å². The van der Waals surface area contributed by atoms with E-state index >= 15 is 0 Å². The van der Waals surface area contributed by atoms with Crippen LogP contribution in [-0.4, -0.2) is 33.7 Å². The number of thiophene rings is 1. The third-order valence-electron chi connectivity index (χ3n) is 1.67. The number of nitro groups is 1. The van der Waals surface area contributed by atoms with Crippen molar-refractivity contribution in [2.75, 3.05) is 20.3 Å². The first-order valence-electron chi connectivity index (χ1n) is 4.44. The van der Waals surface area contributed by atoms with Crippen LogP contribution in [0.1, 0.15) is 0 Å². The zero-order valence-corrected chi connectivity index (χ0v) is 11.5. The average molecular weight is 317 g/mol. The fourth-order valence-corrected chi connectivity index (χ4v) is 3.35. The summed E-state index contributed by atoms with van der Waals surface area (Å²) in [6.45, 7) is 0.213. The van der Waals surface area contributed by atoms with Crippen LogP contribution in [0.5, 0.6) is 0 Å². The minimum atomic E-state index is -3.97. The second kappa shape index (κ2) is 6.41. The molecule has 18 heavy (non-hydrogen) atoms. The molecule has 0 atom stereocenters. The molecule has 1 N–H and O–H groups in total. The van der Waals surface area contributed by atoms with Crippen LogP contribution < -0.4 is 4.89 Å². The van der Waals surface area contributed by atoms with E-state index in [4.69, 9.17) is 11.6 Å². The Morgan fingerprint density at radius 1 is 1.56 bits per heavy atom. The lowest BCUT2D eigenvalue weighted by Gasteiger charge is -2.04. The van der Waals surface area contributed by atoms with Gasteiger partial charge in [0.1, 0.15) is 4.21 Å². The van der Waals surface area contributed by atoms with Crippen LogP contribution in [0.15, 0.2) is 10.3 Å². The molecule has 0 aromatic carbocycles. The molecule has 0 saturated carbocycles. The molecule has 11 heteroatoms. The van der Waals surface area contributed by atoms with E-state index in [1.165, 1.54) is 7.11 Å². The molecule has 0 unspecified atom stereocenters. The van der Waals surface area contributed by atoms with Crippen LogP contribution >= 0.6 is 22.9 Å². The fourth-order valence-electron chi connectivity index (χ4n) is 0.881. The van der Waals surface area contributed by atoms with Gasteiger partial charge in [0.2, 0.25) is 0 Å². The molecule has 0 saturated heterocycles. The average Bonchev–Trinajstić information content (AvgIpc) is 2.68. The lowest BCUT2D eigenvalue weighted by molar-refractivity contribution is -0.384. The first-order valence-corrected chi connectivity index (χ1v) is 7.12. The van der Waals surface area contributed by atoms with Gasteiger partial charge < -0.3 is 4.74 Å². The Morgan fingerprint density at radius 3 is 2.72 bits per heavy atom. The Bertz CT molecular complexity index is 528. The van der Waals surface area contributed by atoms with Crippen LogP contribution in [0, 0.1) is 10.1 Å². The molecule has 0 radical (unpaired) electrons. The molecular formula is C7H9ClN2O6S2. The van der Waals surface area contributed by atoms with Gasteiger partial charge in [-0.15, -0.1) is 11.3 Å². The van der Waals surface area contributed by atoms with Crippen LogP contribution in [0.2, 0.25) is 4.34 Å². The van der Waals surface area contributed by atoms with Gasteiger partial charge in [-0.25, -0.2) is 8.42 Å². The summed E-state index contributed by atoms with van der Waals surface area (Å²) in [5.41, 5.74) is -0.459. The number of nitrogens with one attached hydrogen (secondary N) is 1. The molecule has 0 aliphatic heterocycles. The van der Waals surface area contributed by atoms with Crippen molar-refractivity contribution < 1.29 is 22.9 Å². The molecule has 1 heterocycles. The number of rotatable bonds is 7. The van der Waals surface area contributed by atoms with Crippen molar-refractivity contribution in [3.63, 3.8) is 0 Å². The summed E-state index contributed by atoms with van der Waals surface area (Å²) in [5.74, 6) is 0. The standard InChI is InChI=1S/C7H9ClN2O6S2/c1-15-2-3-16-9-18(13,14)6-4-5(10(11)12)7(8)17-6/h4,9H,2-3H2,1H3. The van der Waals surface area contributed by atoms with Gasteiger partial charge in [-0.1, -0.05) is 16.5 Å². The van der Waals surface area contributed by atoms with Crippen LogP contribution in [0.4, 0.5) is 5.69 Å². The first kappa shape index (κ1) is 15.3. The number of hydrogen-bond acceptors (Lipinski definition) is 7. The molecule has 0 bridgehead atoms. The van der Waals surface area contributed by atoms with E-state index in [1.54, 1.807) is 0 Å². The third kappa shape index (κ3) is 3.86. The summed E-state index contributed by atoms with van der Waals surface area (Å²) in [6.07, 6.45) is 0. The van der Waals surface area contributed by atoms with Crippen molar-refractivity contribution in [3.8, 4) is 0 Å². The largest absolute Gasteiger partial charge is 0.382 e. The second-order valence-corrected chi connectivity index (χ2v) is 6.44. The normalized spacial score (nSPS) is 11.7. The molecule has 1 aromatic rings. The van der Waals surface area contributed by atoms with Crippen molar-refractivity contribution >= 4 is 38.6 Å². The minimum absolute atomic E-state index is 0.0108. The Labute approximate surface area is 112 Å². The van der Waals surface area contributed by atoms with Gasteiger partial charge in [-0.2, -0.15) is 0 Å². The van der Waals surface area contributed by atoms with Gasteiger partial charge >= 0.3 is 0 Å². The van der Waals surface area contributed by atoms with Crippen molar-refractivity contribution in [2.24, 2.45) is 0 Å². The number of methoxy groups -OCH3 is 1. The molecule has 0 aliphatic rings. The predicted molar refractivity (Wildman–Crippen MR) is 64.1 cm³/mol. The Morgan fingerprint density at radius 2 is 2.22 bits per heavy atom. The van der Waals surface area contributed by atoms with Crippen LogP contribution in [0.3, 0.4) is 0 Å². The molecular weight excluding hydrogens is 308 g/mol. The number of halogens is 1. The molecule has 1 aromatic heterocycles. The van der Waals surface area contributed by atoms with E-state index in [2.05, 4.69) is 9.57 Å². The maximum absolute atomic E-state index is 11.6. The summed E-state index contributed by atoms with van der Waals surface area (Å²) in [4.78, 5) is 16.2.